The summed E-state index contributed by atoms with van der Waals surface area (Å²) in [6.45, 7) is 2.04. The fourth-order valence-electron chi connectivity index (χ4n) is 1.71. The number of aromatic nitrogens is 4. The highest BCUT2D eigenvalue weighted by Gasteiger charge is 2.24. The minimum Gasteiger partial charge on any atom is -0.493 e. The van der Waals surface area contributed by atoms with Gasteiger partial charge in [-0.15, -0.1) is 5.10 Å². The van der Waals surface area contributed by atoms with Crippen molar-refractivity contribution in [1.82, 2.24) is 19.4 Å². The molecule has 18 heavy (non-hydrogen) atoms. The van der Waals surface area contributed by atoms with E-state index in [1.54, 1.807) is 7.05 Å². The van der Waals surface area contributed by atoms with Crippen LogP contribution in [0.3, 0.4) is 0 Å². The second-order valence-electron chi connectivity index (χ2n) is 3.81. The fourth-order valence-corrected chi connectivity index (χ4v) is 2.36. The molecule has 96 valence electrons. The summed E-state index contributed by atoms with van der Waals surface area (Å²) in [5.41, 5.74) is 1.18. The Morgan fingerprint density at radius 1 is 1.56 bits per heavy atom. The Morgan fingerprint density at radius 3 is 3.00 bits per heavy atom. The van der Waals surface area contributed by atoms with Gasteiger partial charge in [0, 0.05) is 7.05 Å². The molecular formula is C11H14N4O2S. The van der Waals surface area contributed by atoms with Crippen molar-refractivity contribution in [2.75, 3.05) is 7.11 Å². The Labute approximate surface area is 109 Å². The normalized spacial score (nSPS) is 10.6. The molecule has 0 fully saturated rings. The van der Waals surface area contributed by atoms with E-state index in [0.717, 1.165) is 30.1 Å². The van der Waals surface area contributed by atoms with Gasteiger partial charge in [0.05, 0.1) is 19.0 Å². The smallest absolute Gasteiger partial charge is 0.228 e. The maximum atomic E-state index is 12.5. The monoisotopic (exact) mass is 266 g/mol. The summed E-state index contributed by atoms with van der Waals surface area (Å²) in [6, 6.07) is 0. The lowest BCUT2D eigenvalue weighted by Crippen LogP contribution is -2.10. The lowest BCUT2D eigenvalue weighted by atomic mass is 10.1. The molecule has 0 radical (unpaired) electrons. The third-order valence-electron chi connectivity index (χ3n) is 2.59. The van der Waals surface area contributed by atoms with E-state index in [1.165, 1.54) is 18.0 Å². The van der Waals surface area contributed by atoms with Crippen LogP contribution in [0.2, 0.25) is 0 Å². The van der Waals surface area contributed by atoms with Crippen LogP contribution < -0.4 is 4.74 Å². The summed E-state index contributed by atoms with van der Waals surface area (Å²) < 4.78 is 10.5. The zero-order chi connectivity index (χ0) is 13.1. The molecule has 0 aliphatic carbocycles. The zero-order valence-electron chi connectivity index (χ0n) is 10.5. The minimum absolute atomic E-state index is 0.134. The Kier molecular flexibility index (Phi) is 3.71. The number of carbonyl (C=O) groups excluding carboxylic acids is 1. The summed E-state index contributed by atoms with van der Waals surface area (Å²) in [6.07, 6.45) is 3.20. The van der Waals surface area contributed by atoms with Crippen LogP contribution in [0.5, 0.6) is 5.75 Å². The van der Waals surface area contributed by atoms with Gasteiger partial charge in [-0.3, -0.25) is 9.48 Å². The molecule has 0 N–H and O–H groups in total. The molecule has 2 rings (SSSR count). The lowest BCUT2D eigenvalue weighted by Gasteiger charge is -2.03. The topological polar surface area (TPSA) is 69.9 Å². The number of ether oxygens (including phenoxy) is 1. The van der Waals surface area contributed by atoms with Gasteiger partial charge in [0.2, 0.25) is 5.78 Å². The van der Waals surface area contributed by atoms with E-state index in [-0.39, 0.29) is 5.78 Å². The van der Waals surface area contributed by atoms with Gasteiger partial charge in [0.25, 0.3) is 0 Å². The van der Waals surface area contributed by atoms with Crippen LogP contribution in [0.4, 0.5) is 0 Å². The number of hydrogen-bond acceptors (Lipinski definition) is 6. The standard InChI is InChI=1S/C11H14N4O2S/c1-4-5-7-11(18-14-13-7)10(16)9-8(17-3)6-12-15(9)2/h6H,4-5H2,1-3H3. The molecule has 0 atom stereocenters. The van der Waals surface area contributed by atoms with Crippen molar-refractivity contribution in [3.8, 4) is 5.75 Å². The first-order chi connectivity index (χ1) is 8.69. The van der Waals surface area contributed by atoms with E-state index < -0.39 is 0 Å². The highest BCUT2D eigenvalue weighted by Crippen LogP contribution is 2.23. The van der Waals surface area contributed by atoms with Gasteiger partial charge in [0.1, 0.15) is 4.88 Å². The molecular weight excluding hydrogens is 252 g/mol. The molecule has 0 aliphatic rings. The number of hydrogen-bond donors (Lipinski definition) is 0. The summed E-state index contributed by atoms with van der Waals surface area (Å²) in [4.78, 5) is 13.0. The largest absolute Gasteiger partial charge is 0.493 e. The van der Waals surface area contributed by atoms with Crippen molar-refractivity contribution in [2.24, 2.45) is 7.05 Å². The van der Waals surface area contributed by atoms with Gasteiger partial charge in [-0.25, -0.2) is 0 Å². The molecule has 0 aromatic carbocycles. The van der Waals surface area contributed by atoms with Gasteiger partial charge < -0.3 is 4.74 Å². The van der Waals surface area contributed by atoms with Gasteiger partial charge >= 0.3 is 0 Å². The Hall–Kier alpha value is -1.76. The molecule has 0 amide bonds. The molecule has 2 heterocycles. The Morgan fingerprint density at radius 2 is 2.33 bits per heavy atom. The predicted molar refractivity (Wildman–Crippen MR) is 67.1 cm³/mol. The second-order valence-corrected chi connectivity index (χ2v) is 4.57. The number of rotatable bonds is 5. The summed E-state index contributed by atoms with van der Waals surface area (Å²) in [5, 5.41) is 8.03. The Balaban J connectivity index is 2.41. The van der Waals surface area contributed by atoms with Crippen LogP contribution in [0.25, 0.3) is 0 Å². The number of aryl methyl sites for hydroxylation is 2. The van der Waals surface area contributed by atoms with Crippen LogP contribution in [0.15, 0.2) is 6.20 Å². The fraction of sp³-hybridized carbons (Fsp3) is 0.455. The van der Waals surface area contributed by atoms with Gasteiger partial charge in [-0.2, -0.15) is 5.10 Å². The average Bonchev–Trinajstić information content (AvgIpc) is 2.95. The third kappa shape index (κ3) is 2.13. The number of methoxy groups -OCH3 is 1. The van der Waals surface area contributed by atoms with E-state index in [2.05, 4.69) is 14.7 Å². The molecule has 0 spiro atoms. The van der Waals surface area contributed by atoms with Crippen LogP contribution in [-0.2, 0) is 13.5 Å². The maximum Gasteiger partial charge on any atom is 0.228 e. The van der Waals surface area contributed by atoms with Crippen molar-refractivity contribution < 1.29 is 9.53 Å². The van der Waals surface area contributed by atoms with E-state index in [0.29, 0.717) is 16.3 Å². The first-order valence-electron chi connectivity index (χ1n) is 5.61. The molecule has 7 heteroatoms. The summed E-state index contributed by atoms with van der Waals surface area (Å²) >= 11 is 1.12. The van der Waals surface area contributed by atoms with Gasteiger partial charge in [-0.05, 0) is 18.0 Å². The van der Waals surface area contributed by atoms with E-state index in [1.807, 2.05) is 6.92 Å². The maximum absolute atomic E-state index is 12.5. The van der Waals surface area contributed by atoms with Gasteiger partial charge in [-0.1, -0.05) is 17.8 Å². The lowest BCUT2D eigenvalue weighted by molar-refractivity contribution is 0.103. The summed E-state index contributed by atoms with van der Waals surface area (Å²) in [7, 11) is 3.23. The predicted octanol–water partition coefficient (Wildman–Crippen LogP) is 1.46. The average molecular weight is 266 g/mol. The van der Waals surface area contributed by atoms with E-state index >= 15 is 0 Å². The molecule has 2 aromatic rings. The van der Waals surface area contributed by atoms with Crippen molar-refractivity contribution >= 4 is 17.3 Å². The zero-order valence-corrected chi connectivity index (χ0v) is 11.3. The Bertz CT molecular complexity index is 561. The number of ketones is 1. The number of nitrogens with zero attached hydrogens (tertiary/aromatic N) is 4. The molecule has 0 saturated carbocycles. The molecule has 0 unspecified atom stereocenters. The molecule has 6 nitrogen and oxygen atoms in total. The second kappa shape index (κ2) is 5.26. The third-order valence-corrected chi connectivity index (χ3v) is 3.36. The minimum atomic E-state index is -0.134. The van der Waals surface area contributed by atoms with Crippen molar-refractivity contribution in [1.29, 1.82) is 0 Å². The molecule has 0 aliphatic heterocycles. The molecule has 0 bridgehead atoms. The SMILES string of the molecule is CCCc1nnsc1C(=O)c1c(OC)cnn1C. The van der Waals surface area contributed by atoms with E-state index in [9.17, 15) is 4.79 Å². The van der Waals surface area contributed by atoms with Crippen LogP contribution >= 0.6 is 11.5 Å². The first-order valence-corrected chi connectivity index (χ1v) is 6.38. The van der Waals surface area contributed by atoms with E-state index in [4.69, 9.17) is 4.74 Å². The number of carbonyl (C=O) groups is 1. The molecule has 2 aromatic heterocycles. The quantitative estimate of drug-likeness (QED) is 0.766. The summed E-state index contributed by atoms with van der Waals surface area (Å²) in [5.74, 6) is 0.337. The van der Waals surface area contributed by atoms with Crippen molar-refractivity contribution in [2.45, 2.75) is 19.8 Å². The van der Waals surface area contributed by atoms with Crippen molar-refractivity contribution in [3.63, 3.8) is 0 Å². The first kappa shape index (κ1) is 12.7. The van der Waals surface area contributed by atoms with Crippen LogP contribution in [-0.4, -0.2) is 32.3 Å². The van der Waals surface area contributed by atoms with Crippen LogP contribution in [0, 0.1) is 0 Å². The molecule has 0 saturated heterocycles. The highest BCUT2D eigenvalue weighted by molar-refractivity contribution is 7.08. The van der Waals surface area contributed by atoms with Crippen molar-refractivity contribution in [3.05, 3.63) is 22.5 Å². The highest BCUT2D eigenvalue weighted by atomic mass is 32.1. The van der Waals surface area contributed by atoms with Crippen LogP contribution in [0.1, 0.15) is 34.4 Å². The van der Waals surface area contributed by atoms with Gasteiger partial charge in [0.15, 0.2) is 11.4 Å².